The molecule has 0 bridgehead atoms. The lowest BCUT2D eigenvalue weighted by atomic mass is 9.91. The molecule has 7 N–H and O–H groups in total. The number of nitrogens with one attached hydrogen (secondary N) is 2. The molecule has 1 unspecified atom stereocenters. The predicted molar refractivity (Wildman–Crippen MR) is 122 cm³/mol. The molecule has 2 aliphatic heterocycles. The van der Waals surface area contributed by atoms with Crippen molar-refractivity contribution in [1.82, 2.24) is 25.3 Å². The average molecular weight is 500 g/mol. The lowest BCUT2D eigenvalue weighted by Gasteiger charge is -2.34. The number of aliphatic hydroxyl groups is 1. The first kappa shape index (κ1) is 24.0. The second-order valence-electron chi connectivity index (χ2n) is 8.20. The Morgan fingerprint density at radius 1 is 1.24 bits per heavy atom. The number of anilines is 1. The molecule has 1 aromatic heterocycles. The van der Waals surface area contributed by atoms with Gasteiger partial charge in [0, 0.05) is 31.9 Å². The molecule has 2 aliphatic rings. The third kappa shape index (κ3) is 4.74. The zero-order chi connectivity index (χ0) is 23.6. The van der Waals surface area contributed by atoms with E-state index in [1.165, 1.54) is 6.07 Å². The number of nitrogens with zero attached hydrogens (tertiary/aromatic N) is 5. The number of aliphatic hydroxyl groups excluding tert-OH is 1. The van der Waals surface area contributed by atoms with Crippen molar-refractivity contribution in [3.05, 3.63) is 12.1 Å². The molecule has 3 heterocycles. The van der Waals surface area contributed by atoms with Crippen molar-refractivity contribution < 1.29 is 17.7 Å². The standard InChI is InChI=1S/C18H29N9O4S2/c19-7-1-2-12-5-8-27(9-6-12)14-3-4-15-17(16(14)18-22-24-25-23-18)33(30,31)26-32(15,29)21-11-13(28)10-20/h3-4,12-13,28H,1-2,5-11,19-20H2,(H,21,26,29)(H,22,23,24,25)/t13-,32?/m1/s1. The van der Waals surface area contributed by atoms with E-state index < -0.39 is 26.0 Å². The molecule has 33 heavy (non-hydrogen) atoms. The minimum Gasteiger partial charge on any atom is -0.390 e. The van der Waals surface area contributed by atoms with E-state index >= 15 is 0 Å². The van der Waals surface area contributed by atoms with Crippen molar-refractivity contribution in [2.75, 3.05) is 37.6 Å². The van der Waals surface area contributed by atoms with Crippen LogP contribution in [0, 0.1) is 5.92 Å². The highest BCUT2D eigenvalue weighted by Gasteiger charge is 2.40. The van der Waals surface area contributed by atoms with Gasteiger partial charge in [-0.1, -0.05) is 3.77 Å². The van der Waals surface area contributed by atoms with E-state index in [0.29, 0.717) is 18.2 Å². The number of benzene rings is 1. The van der Waals surface area contributed by atoms with E-state index in [4.69, 9.17) is 11.5 Å². The number of hydrogen-bond donors (Lipinski definition) is 5. The van der Waals surface area contributed by atoms with E-state index in [0.717, 1.165) is 38.8 Å². The molecule has 182 valence electrons. The Bertz CT molecular complexity index is 1200. The molecule has 2 aromatic rings. The van der Waals surface area contributed by atoms with Crippen LogP contribution in [0.1, 0.15) is 25.7 Å². The summed E-state index contributed by atoms with van der Waals surface area (Å²) in [5, 5.41) is 23.7. The van der Waals surface area contributed by atoms with Crippen LogP contribution in [0.4, 0.5) is 5.69 Å². The highest BCUT2D eigenvalue weighted by molar-refractivity contribution is 8.05. The van der Waals surface area contributed by atoms with Crippen LogP contribution in [0.15, 0.2) is 25.7 Å². The number of aromatic nitrogens is 4. The van der Waals surface area contributed by atoms with Crippen molar-refractivity contribution in [3.63, 3.8) is 0 Å². The van der Waals surface area contributed by atoms with Gasteiger partial charge in [0.1, 0.15) is 4.90 Å². The second-order valence-corrected chi connectivity index (χ2v) is 11.9. The minimum absolute atomic E-state index is 0.00750. The number of nitrogens with two attached hydrogens (primary N) is 2. The molecular formula is C18H29N9O4S2. The van der Waals surface area contributed by atoms with Gasteiger partial charge in [-0.05, 0) is 55.5 Å². The number of fused-ring (bicyclic) bond motifs is 1. The fourth-order valence-electron chi connectivity index (χ4n) is 4.26. The maximum Gasteiger partial charge on any atom is 0.293 e. The van der Waals surface area contributed by atoms with Gasteiger partial charge in [0.25, 0.3) is 10.0 Å². The highest BCUT2D eigenvalue weighted by atomic mass is 32.3. The second kappa shape index (κ2) is 9.60. The van der Waals surface area contributed by atoms with Gasteiger partial charge in [0.2, 0.25) is 5.82 Å². The van der Waals surface area contributed by atoms with E-state index in [2.05, 4.69) is 34.0 Å². The molecular weight excluding hydrogens is 470 g/mol. The Kier molecular flexibility index (Phi) is 6.97. The number of rotatable bonds is 9. The highest BCUT2D eigenvalue weighted by Crippen LogP contribution is 2.44. The molecule has 2 atom stereocenters. The third-order valence-electron chi connectivity index (χ3n) is 5.99. The van der Waals surface area contributed by atoms with E-state index in [-0.39, 0.29) is 34.3 Å². The lowest BCUT2D eigenvalue weighted by Crippen LogP contribution is -2.36. The van der Waals surface area contributed by atoms with Crippen LogP contribution in [0.25, 0.3) is 11.4 Å². The molecule has 15 heteroatoms. The largest absolute Gasteiger partial charge is 0.390 e. The van der Waals surface area contributed by atoms with Crippen LogP contribution in [-0.4, -0.2) is 77.2 Å². The molecule has 0 amide bonds. The number of tetrazole rings is 1. The predicted octanol–water partition coefficient (Wildman–Crippen LogP) is -0.825. The first-order valence-corrected chi connectivity index (χ1v) is 13.8. The Morgan fingerprint density at radius 2 is 2.00 bits per heavy atom. The molecule has 0 radical (unpaired) electrons. The Labute approximate surface area is 192 Å². The number of sulfonamides is 1. The van der Waals surface area contributed by atoms with Crippen LogP contribution < -0.4 is 21.1 Å². The fraction of sp³-hybridized carbons (Fsp3) is 0.611. The van der Waals surface area contributed by atoms with Gasteiger partial charge in [-0.15, -0.1) is 10.2 Å². The van der Waals surface area contributed by atoms with E-state index in [9.17, 15) is 17.7 Å². The molecule has 0 spiro atoms. The zero-order valence-electron chi connectivity index (χ0n) is 18.1. The van der Waals surface area contributed by atoms with Crippen LogP contribution in [-0.2, 0) is 19.9 Å². The summed E-state index contributed by atoms with van der Waals surface area (Å²) in [7, 11) is -7.85. The maximum absolute atomic E-state index is 13.5. The van der Waals surface area contributed by atoms with Crippen LogP contribution in [0.2, 0.25) is 0 Å². The van der Waals surface area contributed by atoms with Crippen molar-refractivity contribution in [2.45, 2.75) is 41.6 Å². The van der Waals surface area contributed by atoms with E-state index in [1.807, 2.05) is 0 Å². The fourth-order valence-corrected chi connectivity index (χ4v) is 8.80. The van der Waals surface area contributed by atoms with Gasteiger partial charge in [0.05, 0.1) is 16.6 Å². The molecule has 13 nitrogen and oxygen atoms in total. The zero-order valence-corrected chi connectivity index (χ0v) is 19.7. The Morgan fingerprint density at radius 3 is 2.64 bits per heavy atom. The summed E-state index contributed by atoms with van der Waals surface area (Å²) < 4.78 is 46.0. The first-order valence-electron chi connectivity index (χ1n) is 10.8. The summed E-state index contributed by atoms with van der Waals surface area (Å²) in [5.74, 6) is 0.653. The summed E-state index contributed by atoms with van der Waals surface area (Å²) in [6, 6.07) is 3.23. The monoisotopic (exact) mass is 499 g/mol. The molecule has 1 fully saturated rings. The van der Waals surface area contributed by atoms with Crippen LogP contribution in [0.3, 0.4) is 0 Å². The molecule has 0 aliphatic carbocycles. The normalized spacial score (nSPS) is 23.3. The van der Waals surface area contributed by atoms with Gasteiger partial charge in [-0.3, -0.25) is 0 Å². The maximum atomic E-state index is 13.5. The van der Waals surface area contributed by atoms with Crippen LogP contribution in [0.5, 0.6) is 0 Å². The van der Waals surface area contributed by atoms with Crippen molar-refractivity contribution in [1.29, 1.82) is 0 Å². The summed E-state index contributed by atoms with van der Waals surface area (Å²) in [5.41, 5.74) is 11.9. The van der Waals surface area contributed by atoms with Gasteiger partial charge >= 0.3 is 0 Å². The van der Waals surface area contributed by atoms with Gasteiger partial charge in [0.15, 0.2) is 9.92 Å². The third-order valence-corrected chi connectivity index (χ3v) is 10.2. The number of piperidine rings is 1. The first-order chi connectivity index (χ1) is 15.8. The van der Waals surface area contributed by atoms with Crippen molar-refractivity contribution >= 4 is 25.6 Å². The SMILES string of the molecule is NCCCC1CCN(c2ccc3c(c2-c2nn[nH]n2)S(=O)(=O)N=S3(=O)NC[C@H](O)CN)CC1. The molecule has 1 aromatic carbocycles. The minimum atomic E-state index is -4.30. The summed E-state index contributed by atoms with van der Waals surface area (Å²) in [6.07, 6.45) is 2.96. The quantitative estimate of drug-likeness (QED) is 0.289. The van der Waals surface area contributed by atoms with Crippen LogP contribution >= 0.6 is 0 Å². The Hall–Kier alpha value is -2.17. The summed E-state index contributed by atoms with van der Waals surface area (Å²) in [6.45, 7) is 1.88. The van der Waals surface area contributed by atoms with Gasteiger partial charge in [-0.25, -0.2) is 8.93 Å². The lowest BCUT2D eigenvalue weighted by molar-refractivity contribution is 0.187. The summed E-state index contributed by atoms with van der Waals surface area (Å²) in [4.78, 5) is 1.89. The summed E-state index contributed by atoms with van der Waals surface area (Å²) >= 11 is 0. The topological polar surface area (TPSA) is 206 Å². The van der Waals surface area contributed by atoms with Gasteiger partial charge in [-0.2, -0.15) is 13.6 Å². The average Bonchev–Trinajstić information content (AvgIpc) is 3.41. The Balaban J connectivity index is 1.75. The number of hydrogen-bond acceptors (Lipinski definition) is 10. The number of H-pyrrole nitrogens is 1. The van der Waals surface area contributed by atoms with E-state index in [1.54, 1.807) is 6.07 Å². The van der Waals surface area contributed by atoms with Crippen molar-refractivity contribution in [3.8, 4) is 11.4 Å². The van der Waals surface area contributed by atoms with Crippen molar-refractivity contribution in [2.24, 2.45) is 21.2 Å². The van der Waals surface area contributed by atoms with Gasteiger partial charge < -0.3 is 21.5 Å². The molecule has 0 saturated carbocycles. The number of aromatic amines is 1. The molecule has 1 saturated heterocycles. The smallest absolute Gasteiger partial charge is 0.293 e. The molecule has 4 rings (SSSR count).